The molecule has 2 rings (SSSR count). The van der Waals surface area contributed by atoms with Crippen molar-refractivity contribution in [3.05, 3.63) is 10.6 Å². The lowest BCUT2D eigenvalue weighted by molar-refractivity contribution is 0.181. The van der Waals surface area contributed by atoms with Gasteiger partial charge < -0.3 is 19.7 Å². The lowest BCUT2D eigenvalue weighted by Crippen LogP contribution is -2.19. The monoisotopic (exact) mass is 313 g/mol. The highest BCUT2D eigenvalue weighted by Gasteiger charge is 2.28. The second-order valence-electron chi connectivity index (χ2n) is 5.83. The van der Waals surface area contributed by atoms with Gasteiger partial charge in [0.05, 0.1) is 18.9 Å². The molecule has 1 aliphatic rings. The molecule has 0 radical (unpaired) electrons. The van der Waals surface area contributed by atoms with Crippen LogP contribution in [0, 0.1) is 11.8 Å². The van der Waals surface area contributed by atoms with Gasteiger partial charge in [-0.15, -0.1) is 11.3 Å². The number of aromatic nitrogens is 1. The molecule has 0 bridgehead atoms. The largest absolute Gasteiger partial charge is 0.383 e. The number of thiazole rings is 1. The van der Waals surface area contributed by atoms with Gasteiger partial charge in [-0.05, 0) is 11.8 Å². The molecule has 21 heavy (non-hydrogen) atoms. The Balaban J connectivity index is 2.02. The van der Waals surface area contributed by atoms with Gasteiger partial charge in [0.1, 0.15) is 0 Å². The van der Waals surface area contributed by atoms with Crippen molar-refractivity contribution in [2.24, 2.45) is 11.8 Å². The van der Waals surface area contributed by atoms with Crippen LogP contribution in [-0.2, 0) is 22.6 Å². The second kappa shape index (κ2) is 8.08. The molecule has 120 valence electrons. The van der Waals surface area contributed by atoms with E-state index < -0.39 is 0 Å². The summed E-state index contributed by atoms with van der Waals surface area (Å²) in [6.07, 6.45) is 0. The van der Waals surface area contributed by atoms with Gasteiger partial charge in [-0.25, -0.2) is 4.98 Å². The number of anilines is 1. The molecule has 0 saturated carbocycles. The fourth-order valence-electron chi connectivity index (χ4n) is 2.55. The number of hydrogen-bond acceptors (Lipinski definition) is 6. The Morgan fingerprint density at radius 3 is 2.57 bits per heavy atom. The number of rotatable bonds is 8. The van der Waals surface area contributed by atoms with E-state index in [1.54, 1.807) is 25.6 Å². The summed E-state index contributed by atoms with van der Waals surface area (Å²) in [6.45, 7) is 9.86. The maximum atomic E-state index is 5.29. The summed E-state index contributed by atoms with van der Waals surface area (Å²) in [7, 11) is 3.44. The van der Waals surface area contributed by atoms with Gasteiger partial charge in [0.25, 0.3) is 0 Å². The van der Waals surface area contributed by atoms with Gasteiger partial charge in [-0.3, -0.25) is 0 Å². The predicted octanol–water partition coefficient (Wildman–Crippen LogP) is 2.12. The Morgan fingerprint density at radius 2 is 1.95 bits per heavy atom. The Hall–Kier alpha value is -0.690. The topological polar surface area (TPSA) is 46.6 Å². The number of hydrogen-bond donors (Lipinski definition) is 1. The first-order valence-corrected chi connectivity index (χ1v) is 8.39. The highest BCUT2D eigenvalue weighted by atomic mass is 32.1. The van der Waals surface area contributed by atoms with E-state index in [1.165, 1.54) is 4.88 Å². The Labute approximate surface area is 131 Å². The van der Waals surface area contributed by atoms with Crippen molar-refractivity contribution < 1.29 is 9.47 Å². The summed E-state index contributed by atoms with van der Waals surface area (Å²) in [5, 5.41) is 4.53. The van der Waals surface area contributed by atoms with Crippen molar-refractivity contribution in [1.82, 2.24) is 10.3 Å². The first-order valence-electron chi connectivity index (χ1n) is 7.57. The second-order valence-corrected chi connectivity index (χ2v) is 6.89. The Morgan fingerprint density at radius 1 is 1.24 bits per heavy atom. The summed E-state index contributed by atoms with van der Waals surface area (Å²) in [6, 6.07) is 0. The normalized spacial score (nSPS) is 22.2. The Kier molecular flexibility index (Phi) is 6.41. The van der Waals surface area contributed by atoms with E-state index >= 15 is 0 Å². The molecule has 1 aromatic rings. The van der Waals surface area contributed by atoms with Crippen LogP contribution in [0.3, 0.4) is 0 Å². The molecule has 6 heteroatoms. The summed E-state index contributed by atoms with van der Waals surface area (Å²) in [5.74, 6) is 1.48. The van der Waals surface area contributed by atoms with Crippen LogP contribution in [0.1, 0.15) is 24.4 Å². The molecular weight excluding hydrogens is 286 g/mol. The molecule has 5 nitrogen and oxygen atoms in total. The number of nitrogens with one attached hydrogen (secondary N) is 1. The van der Waals surface area contributed by atoms with Crippen molar-refractivity contribution in [2.45, 2.75) is 27.0 Å². The maximum absolute atomic E-state index is 5.29. The standard InChI is InChI=1S/C15H27N3O2S/c1-11-8-18(9-12(11)2)15-17-13(10-20-4)14(21-15)7-16-5-6-19-3/h11-12,16H,5-10H2,1-4H3. The van der Waals surface area contributed by atoms with Gasteiger partial charge in [-0.2, -0.15) is 0 Å². The van der Waals surface area contributed by atoms with Crippen molar-refractivity contribution in [1.29, 1.82) is 0 Å². The minimum atomic E-state index is 0.580. The van der Waals surface area contributed by atoms with Crippen LogP contribution < -0.4 is 10.2 Å². The molecule has 1 saturated heterocycles. The summed E-state index contributed by atoms with van der Waals surface area (Å²) < 4.78 is 10.3. The average Bonchev–Trinajstić information content (AvgIpc) is 3.00. The number of methoxy groups -OCH3 is 2. The molecule has 1 aliphatic heterocycles. The smallest absolute Gasteiger partial charge is 0.185 e. The van der Waals surface area contributed by atoms with Crippen LogP contribution in [0.25, 0.3) is 0 Å². The molecular formula is C15H27N3O2S. The quantitative estimate of drug-likeness (QED) is 0.745. The van der Waals surface area contributed by atoms with Gasteiger partial charge in [0, 0.05) is 45.3 Å². The highest BCUT2D eigenvalue weighted by molar-refractivity contribution is 7.15. The minimum absolute atomic E-state index is 0.580. The zero-order valence-corrected chi connectivity index (χ0v) is 14.3. The van der Waals surface area contributed by atoms with E-state index in [-0.39, 0.29) is 0 Å². The van der Waals surface area contributed by atoms with E-state index in [4.69, 9.17) is 14.5 Å². The van der Waals surface area contributed by atoms with Crippen LogP contribution >= 0.6 is 11.3 Å². The molecule has 2 heterocycles. The predicted molar refractivity (Wildman–Crippen MR) is 87.0 cm³/mol. The average molecular weight is 313 g/mol. The van der Waals surface area contributed by atoms with Crippen molar-refractivity contribution in [3.8, 4) is 0 Å². The van der Waals surface area contributed by atoms with Gasteiger partial charge in [0.2, 0.25) is 0 Å². The van der Waals surface area contributed by atoms with E-state index in [9.17, 15) is 0 Å². The molecule has 1 N–H and O–H groups in total. The number of ether oxygens (including phenoxy) is 2. The SMILES string of the molecule is COCCNCc1sc(N2CC(C)C(C)C2)nc1COC. The van der Waals surface area contributed by atoms with Crippen molar-refractivity contribution >= 4 is 16.5 Å². The van der Waals surface area contributed by atoms with E-state index in [1.807, 2.05) is 0 Å². The summed E-state index contributed by atoms with van der Waals surface area (Å²) in [5.41, 5.74) is 1.06. The van der Waals surface area contributed by atoms with Crippen molar-refractivity contribution in [3.63, 3.8) is 0 Å². The van der Waals surface area contributed by atoms with E-state index in [0.29, 0.717) is 6.61 Å². The van der Waals surface area contributed by atoms with Gasteiger partial charge in [0.15, 0.2) is 5.13 Å². The fraction of sp³-hybridized carbons (Fsp3) is 0.800. The van der Waals surface area contributed by atoms with Gasteiger partial charge in [-0.1, -0.05) is 13.8 Å². The summed E-state index contributed by atoms with van der Waals surface area (Å²) >= 11 is 1.79. The molecule has 1 fully saturated rings. The summed E-state index contributed by atoms with van der Waals surface area (Å²) in [4.78, 5) is 8.49. The molecule has 0 spiro atoms. The number of nitrogens with zero attached hydrogens (tertiary/aromatic N) is 2. The van der Waals surface area contributed by atoms with Crippen LogP contribution in [0.4, 0.5) is 5.13 Å². The first kappa shape index (κ1) is 16.7. The highest BCUT2D eigenvalue weighted by Crippen LogP contribution is 2.32. The Bertz CT molecular complexity index is 429. The lowest BCUT2D eigenvalue weighted by Gasteiger charge is -2.13. The zero-order chi connectivity index (χ0) is 15.2. The third-order valence-corrected chi connectivity index (χ3v) is 5.23. The lowest BCUT2D eigenvalue weighted by atomic mass is 10.0. The molecule has 2 unspecified atom stereocenters. The molecule has 0 amide bonds. The fourth-order valence-corrected chi connectivity index (χ4v) is 3.61. The van der Waals surface area contributed by atoms with Crippen LogP contribution in [0.15, 0.2) is 0 Å². The molecule has 2 atom stereocenters. The van der Waals surface area contributed by atoms with Crippen LogP contribution in [0.5, 0.6) is 0 Å². The van der Waals surface area contributed by atoms with Crippen LogP contribution in [0.2, 0.25) is 0 Å². The molecule has 0 aromatic carbocycles. The van der Waals surface area contributed by atoms with Gasteiger partial charge >= 0.3 is 0 Å². The zero-order valence-electron chi connectivity index (χ0n) is 13.5. The first-order chi connectivity index (χ1) is 10.2. The minimum Gasteiger partial charge on any atom is -0.383 e. The molecule has 1 aromatic heterocycles. The third-order valence-electron chi connectivity index (χ3n) is 4.08. The van der Waals surface area contributed by atoms with Crippen molar-refractivity contribution in [2.75, 3.05) is 45.4 Å². The maximum Gasteiger partial charge on any atom is 0.185 e. The van der Waals surface area contributed by atoms with E-state index in [2.05, 4.69) is 24.1 Å². The molecule has 0 aliphatic carbocycles. The third kappa shape index (κ3) is 4.39. The van der Waals surface area contributed by atoms with E-state index in [0.717, 1.165) is 55.4 Å². The van der Waals surface area contributed by atoms with Crippen LogP contribution in [-0.4, -0.2) is 45.4 Å².